The molecule has 11 rings (SSSR count). The first-order valence-corrected chi connectivity index (χ1v) is 35.7. The fraction of sp³-hybridized carbons (Fsp3) is 0.347. The van der Waals surface area contributed by atoms with Gasteiger partial charge in [0.25, 0.3) is 0 Å². The molecule has 0 aliphatic carbocycles. The summed E-state index contributed by atoms with van der Waals surface area (Å²) >= 11 is 28.9. The third kappa shape index (κ3) is 27.8. The van der Waals surface area contributed by atoms with Crippen molar-refractivity contribution >= 4 is 121 Å². The first-order chi connectivity index (χ1) is 51.4. The summed E-state index contributed by atoms with van der Waals surface area (Å²) in [7, 11) is 5.48. The molecule has 30 nitrogen and oxygen atoms in total. The monoisotopic (exact) mass is 1710 g/mol. The Morgan fingerprint density at radius 2 is 0.817 bits per heavy atom. The number of carboxylic acid groups (broad SMARTS) is 2. The van der Waals surface area contributed by atoms with Gasteiger partial charge in [-0.1, -0.05) is 64.6 Å². The van der Waals surface area contributed by atoms with Crippen LogP contribution >= 0.6 is 78.3 Å². The maximum atomic E-state index is 11.0. The molecule has 11 heterocycles. The van der Waals surface area contributed by atoms with Gasteiger partial charge in [-0.25, -0.2) is 44.3 Å². The van der Waals surface area contributed by atoms with E-state index in [0.717, 1.165) is 65.7 Å². The highest BCUT2D eigenvalue weighted by Crippen LogP contribution is 2.37. The van der Waals surface area contributed by atoms with Gasteiger partial charge < -0.3 is 43.6 Å². The third-order valence-corrected chi connectivity index (χ3v) is 17.1. The Bertz CT molecular complexity index is 4650. The summed E-state index contributed by atoms with van der Waals surface area (Å²) in [5, 5.41) is 43.7. The van der Waals surface area contributed by atoms with Crippen molar-refractivity contribution in [2.45, 2.75) is 139 Å². The Morgan fingerprint density at radius 1 is 0.477 bits per heavy atom. The van der Waals surface area contributed by atoms with Gasteiger partial charge in [-0.2, -0.15) is 39.6 Å². The highest BCUT2D eigenvalue weighted by molar-refractivity contribution is 9.10. The van der Waals surface area contributed by atoms with Crippen molar-refractivity contribution in [1.82, 2.24) is 69.0 Å². The van der Waals surface area contributed by atoms with Crippen LogP contribution in [-0.4, -0.2) is 161 Å². The zero-order chi connectivity index (χ0) is 82.2. The number of aliphatic hydroxyl groups is 1. The molecule has 0 atom stereocenters. The van der Waals surface area contributed by atoms with Gasteiger partial charge in [-0.3, -0.25) is 18.7 Å². The van der Waals surface area contributed by atoms with Crippen LogP contribution in [0.1, 0.15) is 155 Å². The maximum absolute atomic E-state index is 11.0. The van der Waals surface area contributed by atoms with Crippen molar-refractivity contribution in [3.8, 4) is 51.8 Å². The number of rotatable bonds is 15. The average molecular weight is 1710 g/mol. The minimum Gasteiger partial charge on any atom is -0.481 e. The van der Waals surface area contributed by atoms with Gasteiger partial charge in [0, 0.05) is 72.7 Å². The van der Waals surface area contributed by atoms with E-state index in [0.29, 0.717) is 35.8 Å². The lowest BCUT2D eigenvalue weighted by Crippen LogP contribution is -2.41. The zero-order valence-electron chi connectivity index (χ0n) is 62.8. The summed E-state index contributed by atoms with van der Waals surface area (Å²) < 4.78 is 40.6. The number of aryl methyl sites for hydroxylation is 2. The minimum atomic E-state index is -1.11. The molecule has 582 valence electrons. The molecule has 109 heavy (non-hydrogen) atoms. The van der Waals surface area contributed by atoms with Gasteiger partial charge in [0.05, 0.1) is 103 Å². The Morgan fingerprint density at radius 3 is 1.20 bits per heavy atom. The molecular formula is C72H83BBr2Cl4N14O16. The maximum Gasteiger partial charge on any atom is 0.514 e. The second kappa shape index (κ2) is 45.4. The topological polar surface area (TPSA) is 384 Å². The van der Waals surface area contributed by atoms with E-state index in [-0.39, 0.29) is 80.6 Å². The number of pyridine rings is 6. The largest absolute Gasteiger partial charge is 0.514 e. The molecule has 0 unspecified atom stereocenters. The van der Waals surface area contributed by atoms with Crippen LogP contribution in [0, 0.1) is 13.8 Å². The number of halogens is 6. The summed E-state index contributed by atoms with van der Waals surface area (Å²) in [5.74, 6) is -1.45. The van der Waals surface area contributed by atoms with Crippen molar-refractivity contribution in [2.24, 2.45) is 0 Å². The van der Waals surface area contributed by atoms with Crippen LogP contribution in [-0.2, 0) is 39.8 Å². The van der Waals surface area contributed by atoms with Gasteiger partial charge in [0.15, 0.2) is 0 Å². The number of aromatic nitrogens is 14. The van der Waals surface area contributed by atoms with Gasteiger partial charge in [0.1, 0.15) is 29.8 Å². The zero-order valence-corrected chi connectivity index (χ0v) is 69.0. The quantitative estimate of drug-likeness (QED) is 0.0487. The molecule has 0 aromatic carbocycles. The standard InChI is InChI=1S/C13H17N3O.C12H21BN2O2.C12H14BrN3O.C12H14BrN3.C8H8ClNO3.C7H6ClNO3.C6H3Cl2NO2.2CO2/c1-9(2)16-11(7-8-14-16)13-10(3)5-6-12(15-13)17-4;1-9(2)15-10(7-8-14-15)13-16-11(3,4)12(5,6)17-13;1-8(2)16-10(5-6-14-16)12-9(7-17)3-4-11(13)15-12;1-8(2)16-10(6-7-14-16)12-9(3)4-5-11(13)15-12;1-12-6-4-3-5(7(9)10-6)8(11)13-2;1-12-5-3-2-4(7(10)11)6(8)9-5;7-4-2-1-3(6(10)11)5(8)9-4;2*2-1-3/h5-9H,1-4H3;7-9H,1-6H3;3-6,8,17H,7H2,1-2H3;4-8H,1-3H3;3-4H,1-2H3;2-3H,1H3,(H,10,11);1-2H,(H,10,11);;. The number of methoxy groups -OCH3 is 4. The van der Waals surface area contributed by atoms with E-state index in [4.69, 9.17) is 99.3 Å². The molecule has 1 aliphatic rings. The second-order valence-corrected chi connectivity index (χ2v) is 27.5. The second-order valence-electron chi connectivity index (χ2n) is 24.4. The van der Waals surface area contributed by atoms with Gasteiger partial charge in [-0.05, 0) is 201 Å². The summed E-state index contributed by atoms with van der Waals surface area (Å²) in [4.78, 5) is 88.8. The number of carbonyl (C=O) groups is 3. The average Bonchev–Trinajstić information content (AvgIpc) is 1.62. The number of hydrogen-bond donors (Lipinski definition) is 3. The summed E-state index contributed by atoms with van der Waals surface area (Å²) in [6.45, 7) is 29.1. The number of ether oxygens (including phenoxy) is 4. The number of aliphatic hydroxyl groups excluding tert-OH is 1. The lowest BCUT2D eigenvalue weighted by Gasteiger charge is -2.32. The molecular weight excluding hydrogens is 1630 g/mol. The molecule has 0 spiro atoms. The normalized spacial score (nSPS) is 11.8. The third-order valence-electron chi connectivity index (χ3n) is 15.1. The summed E-state index contributed by atoms with van der Waals surface area (Å²) in [5.41, 5.74) is 9.30. The lowest BCUT2D eigenvalue weighted by atomic mass is 9.84. The van der Waals surface area contributed by atoms with Crippen LogP contribution in [0.5, 0.6) is 17.6 Å². The highest BCUT2D eigenvalue weighted by Gasteiger charge is 2.53. The van der Waals surface area contributed by atoms with Crippen LogP contribution in [0.15, 0.2) is 131 Å². The first-order valence-electron chi connectivity index (χ1n) is 32.6. The first kappa shape index (κ1) is 93.6. The number of hydrogen-bond acceptors (Lipinski definition) is 24. The molecule has 3 N–H and O–H groups in total. The van der Waals surface area contributed by atoms with Crippen LogP contribution in [0.4, 0.5) is 0 Å². The molecule has 10 aromatic rings. The number of nitrogens with zero attached hydrogens (tertiary/aromatic N) is 14. The Balaban J connectivity index is 0.000000327. The van der Waals surface area contributed by atoms with E-state index in [9.17, 15) is 19.5 Å². The van der Waals surface area contributed by atoms with Crippen molar-refractivity contribution in [2.75, 3.05) is 28.4 Å². The molecule has 1 fully saturated rings. The molecule has 1 saturated heterocycles. The minimum absolute atomic E-state index is 0.0289. The predicted octanol–water partition coefficient (Wildman–Crippen LogP) is 14.9. The van der Waals surface area contributed by atoms with Crippen molar-refractivity contribution in [3.63, 3.8) is 0 Å². The summed E-state index contributed by atoms with van der Waals surface area (Å²) in [6, 6.07) is 29.2. The molecule has 37 heteroatoms. The van der Waals surface area contributed by atoms with Crippen molar-refractivity contribution in [3.05, 3.63) is 185 Å². The van der Waals surface area contributed by atoms with E-state index >= 15 is 0 Å². The van der Waals surface area contributed by atoms with Crippen LogP contribution in [0.25, 0.3) is 34.2 Å². The molecule has 0 bridgehead atoms. The van der Waals surface area contributed by atoms with Gasteiger partial charge in [-0.15, -0.1) is 0 Å². The fourth-order valence-corrected chi connectivity index (χ4v) is 10.7. The molecule has 0 saturated carbocycles. The number of esters is 1. The fourth-order valence-electron chi connectivity index (χ4n) is 9.16. The Hall–Kier alpha value is -9.63. The highest BCUT2D eigenvalue weighted by atomic mass is 79.9. The van der Waals surface area contributed by atoms with Crippen molar-refractivity contribution < 1.29 is 77.1 Å². The van der Waals surface area contributed by atoms with Crippen molar-refractivity contribution in [1.29, 1.82) is 0 Å². The molecule has 1 aliphatic heterocycles. The number of carbonyl (C=O) groups excluding carboxylic acids is 5. The van der Waals surface area contributed by atoms with Crippen LogP contribution in [0.3, 0.4) is 0 Å². The lowest BCUT2D eigenvalue weighted by molar-refractivity contribution is -0.193. The van der Waals surface area contributed by atoms with E-state index in [2.05, 4.69) is 183 Å². The van der Waals surface area contributed by atoms with E-state index < -0.39 is 17.9 Å². The molecule has 0 amide bonds. The number of aromatic carboxylic acids is 2. The Kier molecular flexibility index (Phi) is 39.0. The Labute approximate surface area is 667 Å². The smallest absolute Gasteiger partial charge is 0.481 e. The van der Waals surface area contributed by atoms with E-state index in [1.807, 2.05) is 86.4 Å². The van der Waals surface area contributed by atoms with E-state index in [1.165, 1.54) is 57.7 Å². The SMILES string of the molecule is CC(C)n1nccc1-c1nc(Br)ccc1CO.CC(C)n1nccc1B1OC(C)(C)C(C)(C)O1.COC(=O)c1ccc(OC)nc1Cl.COc1ccc(C(=O)O)c(Cl)n1.COc1ccc(C)c(-c2ccnn2C(C)C)n1.Cc1ccc(Br)nc1-c1ccnn1C(C)C.O=C(O)c1ccc(Cl)nc1Cl.O=C=O.O=C=O. The van der Waals surface area contributed by atoms with Crippen LogP contribution < -0.4 is 19.8 Å². The van der Waals surface area contributed by atoms with Gasteiger partial charge in [0.2, 0.25) is 17.6 Å². The molecule has 0 radical (unpaired) electrons. The van der Waals surface area contributed by atoms with E-state index in [1.54, 1.807) is 25.7 Å². The van der Waals surface area contributed by atoms with Gasteiger partial charge >= 0.3 is 37.3 Å². The number of carboxylic acids is 2. The van der Waals surface area contributed by atoms with Crippen LogP contribution in [0.2, 0.25) is 20.6 Å². The predicted molar refractivity (Wildman–Crippen MR) is 414 cm³/mol. The summed E-state index contributed by atoms with van der Waals surface area (Å²) in [6.07, 6.45) is 7.66. The molecule has 10 aromatic heterocycles.